The quantitative estimate of drug-likeness (QED) is 0.127. The topological polar surface area (TPSA) is 160 Å². The fourth-order valence-corrected chi connectivity index (χ4v) is 2.96. The van der Waals surface area contributed by atoms with Gasteiger partial charge in [-0.25, -0.2) is 25.2 Å². The van der Waals surface area contributed by atoms with Crippen LogP contribution in [-0.2, 0) is 19.9 Å². The average molecular weight is 411 g/mol. The van der Waals surface area contributed by atoms with Gasteiger partial charge in [-0.2, -0.15) is 5.10 Å². The molecule has 30 heavy (non-hydrogen) atoms. The second kappa shape index (κ2) is 9.87. The lowest BCUT2D eigenvalue weighted by Crippen LogP contribution is -2.59. The molecule has 10 heteroatoms. The zero-order chi connectivity index (χ0) is 22.1. The minimum atomic E-state index is -2.44. The third kappa shape index (κ3) is 4.14. The number of carboxylic acids is 1. The zero-order valence-corrected chi connectivity index (χ0v) is 16.1. The summed E-state index contributed by atoms with van der Waals surface area (Å²) >= 11 is 0. The smallest absolute Gasteiger partial charge is 0.425 e. The SMILES string of the molecule is CCOC(=O)N(N)[C@](C(=O)O)(C(=C=O)c1ccccc1)c1cccc(NC=NN)c1. The van der Waals surface area contributed by atoms with E-state index in [4.69, 9.17) is 16.4 Å². The zero-order valence-electron chi connectivity index (χ0n) is 16.1. The summed E-state index contributed by atoms with van der Waals surface area (Å²) in [6.07, 6.45) is 0.0475. The molecule has 2 rings (SSSR count). The van der Waals surface area contributed by atoms with Crippen LogP contribution in [0.5, 0.6) is 0 Å². The van der Waals surface area contributed by atoms with Crippen molar-refractivity contribution in [2.45, 2.75) is 12.5 Å². The van der Waals surface area contributed by atoms with E-state index in [9.17, 15) is 19.5 Å². The van der Waals surface area contributed by atoms with E-state index in [1.54, 1.807) is 37.1 Å². The first-order chi connectivity index (χ1) is 14.4. The van der Waals surface area contributed by atoms with Crippen LogP contribution in [0.25, 0.3) is 5.57 Å². The molecule has 1 amide bonds. The van der Waals surface area contributed by atoms with Gasteiger partial charge in [0, 0.05) is 5.69 Å². The van der Waals surface area contributed by atoms with E-state index in [-0.39, 0.29) is 23.3 Å². The van der Waals surface area contributed by atoms with Crippen LogP contribution < -0.4 is 17.0 Å². The first kappa shape index (κ1) is 22.2. The van der Waals surface area contributed by atoms with Crippen LogP contribution in [0.3, 0.4) is 0 Å². The van der Waals surface area contributed by atoms with Crippen molar-refractivity contribution in [3.63, 3.8) is 0 Å². The number of carbonyl (C=O) groups excluding carboxylic acids is 2. The number of hydrazone groups is 1. The minimum Gasteiger partial charge on any atom is -0.479 e. The number of nitrogens with zero attached hydrogens (tertiary/aromatic N) is 2. The number of nitrogens with one attached hydrogen (secondary N) is 1. The van der Waals surface area contributed by atoms with E-state index >= 15 is 0 Å². The molecule has 0 radical (unpaired) electrons. The third-order valence-corrected chi connectivity index (χ3v) is 4.25. The second-order valence-electron chi connectivity index (χ2n) is 5.93. The highest BCUT2D eigenvalue weighted by atomic mass is 16.6. The van der Waals surface area contributed by atoms with Gasteiger partial charge in [0.25, 0.3) is 0 Å². The summed E-state index contributed by atoms with van der Waals surface area (Å²) in [6, 6.07) is 13.9. The van der Waals surface area contributed by atoms with Gasteiger partial charge in [0.2, 0.25) is 5.54 Å². The molecule has 0 aliphatic carbocycles. The Morgan fingerprint density at radius 2 is 1.97 bits per heavy atom. The Bertz CT molecular complexity index is 988. The maximum absolute atomic E-state index is 12.7. The van der Waals surface area contributed by atoms with Crippen molar-refractivity contribution >= 4 is 35.6 Å². The molecule has 0 aromatic heterocycles. The lowest BCUT2D eigenvalue weighted by atomic mass is 9.79. The van der Waals surface area contributed by atoms with Crippen LogP contribution in [0.15, 0.2) is 59.7 Å². The first-order valence-electron chi connectivity index (χ1n) is 8.78. The molecule has 0 spiro atoms. The van der Waals surface area contributed by atoms with Crippen LogP contribution in [-0.4, -0.2) is 41.1 Å². The van der Waals surface area contributed by atoms with Crippen LogP contribution in [0, 0.1) is 0 Å². The predicted octanol–water partition coefficient (Wildman–Crippen LogP) is 1.53. The van der Waals surface area contributed by atoms with Crippen LogP contribution in [0.4, 0.5) is 10.5 Å². The number of ether oxygens (including phenoxy) is 1. The molecule has 156 valence electrons. The van der Waals surface area contributed by atoms with Gasteiger partial charge in [0.15, 0.2) is 0 Å². The molecule has 0 saturated carbocycles. The maximum Gasteiger partial charge on any atom is 0.425 e. The largest absolute Gasteiger partial charge is 0.479 e. The molecule has 0 fully saturated rings. The van der Waals surface area contributed by atoms with E-state index in [1.807, 2.05) is 0 Å². The number of aliphatic carboxylic acids is 1. The van der Waals surface area contributed by atoms with Crippen LogP contribution in [0.1, 0.15) is 18.1 Å². The van der Waals surface area contributed by atoms with Gasteiger partial charge in [-0.3, -0.25) is 0 Å². The molecule has 0 aliphatic heterocycles. The highest BCUT2D eigenvalue weighted by Gasteiger charge is 2.53. The van der Waals surface area contributed by atoms with Gasteiger partial charge in [0.1, 0.15) is 12.3 Å². The van der Waals surface area contributed by atoms with Gasteiger partial charge >= 0.3 is 12.1 Å². The highest BCUT2D eigenvalue weighted by molar-refractivity contribution is 6.08. The molecule has 6 N–H and O–H groups in total. The van der Waals surface area contributed by atoms with Crippen molar-refractivity contribution in [1.82, 2.24) is 5.01 Å². The van der Waals surface area contributed by atoms with E-state index in [0.717, 1.165) is 0 Å². The number of rotatable bonds is 8. The van der Waals surface area contributed by atoms with Gasteiger partial charge in [-0.1, -0.05) is 42.5 Å². The molecule has 0 unspecified atom stereocenters. The number of hydrogen-bond donors (Lipinski definition) is 4. The Kier molecular flexibility index (Phi) is 7.29. The number of hydrazine groups is 1. The fourth-order valence-electron chi connectivity index (χ4n) is 2.96. The van der Waals surface area contributed by atoms with Crippen molar-refractivity contribution < 1.29 is 24.2 Å². The number of amides is 1. The monoisotopic (exact) mass is 411 g/mol. The lowest BCUT2D eigenvalue weighted by molar-refractivity contribution is -0.147. The summed E-state index contributed by atoms with van der Waals surface area (Å²) in [4.78, 5) is 37.2. The van der Waals surface area contributed by atoms with Gasteiger partial charge in [0.05, 0.1) is 12.2 Å². The van der Waals surface area contributed by atoms with E-state index in [0.29, 0.717) is 10.7 Å². The molecular weight excluding hydrogens is 390 g/mol. The summed E-state index contributed by atoms with van der Waals surface area (Å²) in [5.41, 5.74) is -2.20. The maximum atomic E-state index is 12.7. The van der Waals surface area contributed by atoms with E-state index < -0.39 is 17.6 Å². The molecule has 0 bridgehead atoms. The molecule has 0 aliphatic rings. The summed E-state index contributed by atoms with van der Waals surface area (Å²) in [7, 11) is 0. The molecule has 10 nitrogen and oxygen atoms in total. The summed E-state index contributed by atoms with van der Waals surface area (Å²) < 4.78 is 4.91. The number of hydrogen-bond acceptors (Lipinski definition) is 7. The van der Waals surface area contributed by atoms with Crippen LogP contribution in [0.2, 0.25) is 0 Å². The standard InChI is InChI=1S/C20H21N5O5/c1-2-30-19(29)25(22)20(18(27)28,17(12-26)14-7-4-3-5-8-14)15-9-6-10-16(11-15)23-13-24-21/h3-11,13H,2,21-22H2,1H3,(H,23,24)(H,27,28)/t20-/m0/s1. The van der Waals surface area contributed by atoms with Gasteiger partial charge in [-0.15, -0.1) is 0 Å². The first-order valence-corrected chi connectivity index (χ1v) is 8.78. The minimum absolute atomic E-state index is 0.00294. The van der Waals surface area contributed by atoms with E-state index in [2.05, 4.69) is 10.4 Å². The Balaban J connectivity index is 2.84. The number of nitrogens with two attached hydrogens (primary N) is 2. The molecule has 2 aromatic rings. The number of carbonyl (C=O) groups is 2. The van der Waals surface area contributed by atoms with Crippen molar-refractivity contribution in [2.24, 2.45) is 16.8 Å². The molecule has 0 saturated heterocycles. The van der Waals surface area contributed by atoms with Crippen molar-refractivity contribution in [3.05, 3.63) is 65.7 Å². The number of anilines is 1. The predicted molar refractivity (Wildman–Crippen MR) is 111 cm³/mol. The summed E-state index contributed by atoms with van der Waals surface area (Å²) in [5.74, 6) is 11.2. The normalized spacial score (nSPS) is 12.5. The Morgan fingerprint density at radius 1 is 1.27 bits per heavy atom. The Labute approximate surface area is 172 Å². The van der Waals surface area contributed by atoms with Crippen molar-refractivity contribution in [2.75, 3.05) is 11.9 Å². The van der Waals surface area contributed by atoms with Gasteiger partial charge in [-0.05, 0) is 30.2 Å². The average Bonchev–Trinajstić information content (AvgIpc) is 2.76. The lowest BCUT2D eigenvalue weighted by Gasteiger charge is -2.37. The highest BCUT2D eigenvalue weighted by Crippen LogP contribution is 2.40. The molecule has 1 atom stereocenters. The van der Waals surface area contributed by atoms with Crippen LogP contribution >= 0.6 is 0 Å². The molecule has 2 aromatic carbocycles. The third-order valence-electron chi connectivity index (χ3n) is 4.25. The fraction of sp³-hybridized carbons (Fsp3) is 0.150. The van der Waals surface area contributed by atoms with Crippen molar-refractivity contribution in [3.8, 4) is 0 Å². The second-order valence-corrected chi connectivity index (χ2v) is 5.93. The number of carboxylic acid groups (broad SMARTS) is 1. The molecular formula is C20H21N5O5. The molecule has 0 heterocycles. The van der Waals surface area contributed by atoms with Gasteiger partial charge < -0.3 is 21.0 Å². The summed E-state index contributed by atoms with van der Waals surface area (Å²) in [6.45, 7) is 1.49. The van der Waals surface area contributed by atoms with Crippen molar-refractivity contribution in [1.29, 1.82) is 0 Å². The summed E-state index contributed by atoms with van der Waals surface area (Å²) in [5, 5.41) is 16.7. The van der Waals surface area contributed by atoms with E-state index in [1.165, 1.54) is 36.7 Å². The number of benzene rings is 2. The Hall–Kier alpha value is -4.14. The Morgan fingerprint density at radius 3 is 2.53 bits per heavy atom.